The second kappa shape index (κ2) is 3.94. The topological polar surface area (TPSA) is 90.7 Å². The van der Waals surface area contributed by atoms with E-state index in [0.29, 0.717) is 6.47 Å². The maximum absolute atomic E-state index is 9.98. The number of carbonyl (C=O) groups excluding carboxylic acids is 1. The quantitative estimate of drug-likeness (QED) is 0.335. The molecule has 0 heterocycles. The van der Waals surface area contributed by atoms with E-state index in [9.17, 15) is 4.79 Å². The van der Waals surface area contributed by atoms with Gasteiger partial charge >= 0.3 is 0 Å². The van der Waals surface area contributed by atoms with Gasteiger partial charge in [-0.1, -0.05) is 0 Å². The third-order valence-corrected chi connectivity index (χ3v) is 1.94. The van der Waals surface area contributed by atoms with Gasteiger partial charge in [0.15, 0.2) is 5.96 Å². The summed E-state index contributed by atoms with van der Waals surface area (Å²) in [5, 5.41) is 0. The fourth-order valence-electron chi connectivity index (χ4n) is 1.45. The van der Waals surface area contributed by atoms with Crippen molar-refractivity contribution in [2.75, 3.05) is 0 Å². The summed E-state index contributed by atoms with van der Waals surface area (Å²) >= 11 is 0. The average Bonchev–Trinajstić information content (AvgIpc) is 2.36. The molecular formula is C7H13N3O2. The Kier molecular flexibility index (Phi) is 2.90. The van der Waals surface area contributed by atoms with Crippen molar-refractivity contribution < 1.29 is 9.53 Å². The summed E-state index contributed by atoms with van der Waals surface area (Å²) in [6.07, 6.45) is 2.46. The van der Waals surface area contributed by atoms with Crippen molar-refractivity contribution in [2.24, 2.45) is 16.5 Å². The Labute approximate surface area is 70.8 Å². The van der Waals surface area contributed by atoms with Gasteiger partial charge in [-0.2, -0.15) is 0 Å². The molecule has 1 aliphatic rings. The molecule has 0 aromatic carbocycles. The summed E-state index contributed by atoms with van der Waals surface area (Å²) in [6.45, 7) is 0.475. The molecule has 4 N–H and O–H groups in total. The number of guanidine groups is 1. The number of rotatable bonds is 3. The number of aliphatic imine (C=N–C) groups is 1. The molecule has 12 heavy (non-hydrogen) atoms. The zero-order chi connectivity index (χ0) is 8.97. The summed E-state index contributed by atoms with van der Waals surface area (Å²) < 4.78 is 4.78. The van der Waals surface area contributed by atoms with Crippen molar-refractivity contribution in [2.45, 2.75) is 31.4 Å². The molecule has 0 radical (unpaired) electrons. The lowest BCUT2D eigenvalue weighted by molar-refractivity contribution is -0.133. The van der Waals surface area contributed by atoms with Crippen LogP contribution in [0.3, 0.4) is 0 Å². The second-order valence-corrected chi connectivity index (χ2v) is 2.88. The third-order valence-electron chi connectivity index (χ3n) is 1.94. The molecule has 1 aliphatic carbocycles. The Balaban J connectivity index is 2.35. The van der Waals surface area contributed by atoms with Crippen molar-refractivity contribution >= 4 is 12.4 Å². The molecular weight excluding hydrogens is 158 g/mol. The molecule has 1 saturated carbocycles. The number of ether oxygens (including phenoxy) is 1. The van der Waals surface area contributed by atoms with Gasteiger partial charge in [0.1, 0.15) is 6.10 Å². The van der Waals surface area contributed by atoms with Gasteiger partial charge in [0, 0.05) is 6.42 Å². The van der Waals surface area contributed by atoms with E-state index in [4.69, 9.17) is 16.2 Å². The van der Waals surface area contributed by atoms with Crippen LogP contribution in [0.25, 0.3) is 0 Å². The SMILES string of the molecule is NC(N)=NC1CCC(OC=O)C1. The molecule has 0 saturated heterocycles. The van der Waals surface area contributed by atoms with Crippen LogP contribution < -0.4 is 11.5 Å². The Hall–Kier alpha value is -1.26. The minimum atomic E-state index is -0.00407. The first kappa shape index (κ1) is 8.83. The largest absolute Gasteiger partial charge is 0.465 e. The zero-order valence-electron chi connectivity index (χ0n) is 6.77. The third kappa shape index (κ3) is 2.41. The van der Waals surface area contributed by atoms with Gasteiger partial charge in [0.25, 0.3) is 6.47 Å². The molecule has 0 bridgehead atoms. The van der Waals surface area contributed by atoms with E-state index in [-0.39, 0.29) is 18.1 Å². The van der Waals surface area contributed by atoms with Crippen molar-refractivity contribution in [3.8, 4) is 0 Å². The lowest BCUT2D eigenvalue weighted by atomic mass is 10.3. The first-order valence-corrected chi connectivity index (χ1v) is 3.90. The first-order chi connectivity index (χ1) is 5.72. The summed E-state index contributed by atoms with van der Waals surface area (Å²) in [4.78, 5) is 14.0. The van der Waals surface area contributed by atoms with E-state index in [1.54, 1.807) is 0 Å². The maximum atomic E-state index is 9.98. The summed E-state index contributed by atoms with van der Waals surface area (Å²) in [5.41, 5.74) is 10.4. The van der Waals surface area contributed by atoms with Crippen molar-refractivity contribution in [1.82, 2.24) is 0 Å². The van der Waals surface area contributed by atoms with E-state index in [0.717, 1.165) is 19.3 Å². The Morgan fingerprint density at radius 3 is 2.83 bits per heavy atom. The molecule has 0 aliphatic heterocycles. The van der Waals surface area contributed by atoms with Crippen LogP contribution in [0.1, 0.15) is 19.3 Å². The van der Waals surface area contributed by atoms with Crippen molar-refractivity contribution in [3.05, 3.63) is 0 Å². The fraction of sp³-hybridized carbons (Fsp3) is 0.714. The molecule has 2 atom stereocenters. The molecule has 5 nitrogen and oxygen atoms in total. The van der Waals surface area contributed by atoms with E-state index in [2.05, 4.69) is 4.99 Å². The lowest BCUT2D eigenvalue weighted by Crippen LogP contribution is -2.25. The second-order valence-electron chi connectivity index (χ2n) is 2.88. The smallest absolute Gasteiger partial charge is 0.293 e. The molecule has 0 amide bonds. The van der Waals surface area contributed by atoms with Crippen LogP contribution >= 0.6 is 0 Å². The van der Waals surface area contributed by atoms with E-state index < -0.39 is 0 Å². The number of nitrogens with zero attached hydrogens (tertiary/aromatic N) is 1. The highest BCUT2D eigenvalue weighted by atomic mass is 16.5. The lowest BCUT2D eigenvalue weighted by Gasteiger charge is -2.05. The average molecular weight is 171 g/mol. The van der Waals surface area contributed by atoms with Crippen molar-refractivity contribution in [3.63, 3.8) is 0 Å². The van der Waals surface area contributed by atoms with E-state index in [1.807, 2.05) is 0 Å². The summed E-state index contributed by atoms with van der Waals surface area (Å²) in [7, 11) is 0. The minimum Gasteiger partial charge on any atom is -0.465 e. The standard InChI is InChI=1S/C7H13N3O2/c8-7(9)10-5-1-2-6(3-5)12-4-11/h4-6H,1-3H2,(H4,8,9,10). The predicted molar refractivity (Wildman–Crippen MR) is 44.4 cm³/mol. The minimum absolute atomic E-state index is 0.00407. The van der Waals surface area contributed by atoms with Crippen molar-refractivity contribution in [1.29, 1.82) is 0 Å². The van der Waals surface area contributed by atoms with Gasteiger partial charge < -0.3 is 16.2 Å². The number of hydrogen-bond acceptors (Lipinski definition) is 3. The molecule has 0 aromatic heterocycles. The Morgan fingerprint density at radius 2 is 2.25 bits per heavy atom. The Bertz CT molecular complexity index is 189. The van der Waals surface area contributed by atoms with Crippen LogP contribution in [0.15, 0.2) is 4.99 Å². The summed E-state index contributed by atoms with van der Waals surface area (Å²) in [5.74, 6) is 0.103. The zero-order valence-corrected chi connectivity index (χ0v) is 6.77. The molecule has 1 fully saturated rings. The Morgan fingerprint density at radius 1 is 1.50 bits per heavy atom. The molecule has 5 heteroatoms. The normalized spacial score (nSPS) is 28.0. The van der Waals surface area contributed by atoms with Gasteiger partial charge in [0.05, 0.1) is 6.04 Å². The number of carbonyl (C=O) groups is 1. The highest BCUT2D eigenvalue weighted by Gasteiger charge is 2.25. The predicted octanol–water partition coefficient (Wildman–Crippen LogP) is -0.646. The summed E-state index contributed by atoms with van der Waals surface area (Å²) in [6, 6.07) is 0.125. The van der Waals surface area contributed by atoms with Gasteiger partial charge in [-0.25, -0.2) is 0 Å². The number of hydrogen-bond donors (Lipinski definition) is 2. The van der Waals surface area contributed by atoms with Gasteiger partial charge in [-0.15, -0.1) is 0 Å². The van der Waals surface area contributed by atoms with Crippen LogP contribution in [0, 0.1) is 0 Å². The molecule has 0 aromatic rings. The van der Waals surface area contributed by atoms with E-state index >= 15 is 0 Å². The van der Waals surface area contributed by atoms with Crippen LogP contribution in [0.2, 0.25) is 0 Å². The van der Waals surface area contributed by atoms with Crippen LogP contribution in [0.5, 0.6) is 0 Å². The highest BCUT2D eigenvalue weighted by Crippen LogP contribution is 2.23. The first-order valence-electron chi connectivity index (χ1n) is 3.90. The van der Waals surface area contributed by atoms with Gasteiger partial charge in [0.2, 0.25) is 0 Å². The van der Waals surface area contributed by atoms with Gasteiger partial charge in [-0.05, 0) is 12.8 Å². The van der Waals surface area contributed by atoms with Crippen LogP contribution in [-0.2, 0) is 9.53 Å². The van der Waals surface area contributed by atoms with Crippen LogP contribution in [-0.4, -0.2) is 24.6 Å². The maximum Gasteiger partial charge on any atom is 0.293 e. The fourth-order valence-corrected chi connectivity index (χ4v) is 1.45. The molecule has 2 unspecified atom stereocenters. The molecule has 0 spiro atoms. The monoisotopic (exact) mass is 171 g/mol. The van der Waals surface area contributed by atoms with E-state index in [1.165, 1.54) is 0 Å². The molecule has 1 rings (SSSR count). The number of nitrogens with two attached hydrogens (primary N) is 2. The van der Waals surface area contributed by atoms with Gasteiger partial charge in [-0.3, -0.25) is 9.79 Å². The molecule has 68 valence electrons. The van der Waals surface area contributed by atoms with Crippen LogP contribution in [0.4, 0.5) is 0 Å². The highest BCUT2D eigenvalue weighted by molar-refractivity contribution is 5.75.